The molecule has 0 bridgehead atoms. The second-order valence-corrected chi connectivity index (χ2v) is 4.61. The molecule has 2 aromatic rings. The third-order valence-electron chi connectivity index (χ3n) is 3.35. The number of carbonyl (C=O) groups excluding carboxylic acids is 2. The van der Waals surface area contributed by atoms with Gasteiger partial charge >= 0.3 is 0 Å². The molecule has 0 saturated heterocycles. The van der Waals surface area contributed by atoms with Crippen LogP contribution in [-0.2, 0) is 4.79 Å². The first-order chi connectivity index (χ1) is 9.20. The van der Waals surface area contributed by atoms with E-state index < -0.39 is 11.6 Å². The van der Waals surface area contributed by atoms with E-state index in [0.717, 1.165) is 16.3 Å². The van der Waals surface area contributed by atoms with Crippen molar-refractivity contribution in [1.82, 2.24) is 0 Å². The van der Waals surface area contributed by atoms with E-state index in [9.17, 15) is 9.59 Å². The monoisotopic (exact) mass is 248 g/mol. The molecule has 1 aliphatic rings. The highest BCUT2D eigenvalue weighted by Crippen LogP contribution is 2.28. The van der Waals surface area contributed by atoms with Crippen LogP contribution < -0.4 is 0 Å². The van der Waals surface area contributed by atoms with Gasteiger partial charge < -0.3 is 0 Å². The summed E-state index contributed by atoms with van der Waals surface area (Å²) in [6, 6.07) is 11.6. The van der Waals surface area contributed by atoms with E-state index in [2.05, 4.69) is 6.58 Å². The summed E-state index contributed by atoms with van der Waals surface area (Å²) in [5.74, 6) is -0.831. The highest BCUT2D eigenvalue weighted by molar-refractivity contribution is 6.52. The van der Waals surface area contributed by atoms with Crippen molar-refractivity contribution in [3.05, 3.63) is 65.8 Å². The topological polar surface area (TPSA) is 34.1 Å². The third kappa shape index (κ3) is 1.82. The summed E-state index contributed by atoms with van der Waals surface area (Å²) >= 11 is 0. The number of hydrogen-bond donors (Lipinski definition) is 0. The average Bonchev–Trinajstić information content (AvgIpc) is 2.43. The average molecular weight is 248 g/mol. The Balaban J connectivity index is 2.27. The summed E-state index contributed by atoms with van der Waals surface area (Å²) in [7, 11) is 0. The molecule has 0 fully saturated rings. The molecule has 0 aromatic heterocycles. The Labute approximate surface area is 111 Å². The van der Waals surface area contributed by atoms with Gasteiger partial charge in [-0.2, -0.15) is 0 Å². The van der Waals surface area contributed by atoms with Crippen LogP contribution in [0.4, 0.5) is 0 Å². The van der Waals surface area contributed by atoms with E-state index in [4.69, 9.17) is 0 Å². The van der Waals surface area contributed by atoms with E-state index in [0.29, 0.717) is 17.6 Å². The fourth-order valence-corrected chi connectivity index (χ4v) is 2.40. The molecular weight excluding hydrogens is 236 g/mol. The van der Waals surface area contributed by atoms with Gasteiger partial charge in [-0.3, -0.25) is 9.59 Å². The van der Waals surface area contributed by atoms with Gasteiger partial charge in [0.1, 0.15) is 0 Å². The van der Waals surface area contributed by atoms with E-state index >= 15 is 0 Å². The second kappa shape index (κ2) is 4.32. The van der Waals surface area contributed by atoms with Gasteiger partial charge in [-0.05, 0) is 41.0 Å². The molecule has 2 aromatic carbocycles. The molecule has 0 heterocycles. The first-order valence-corrected chi connectivity index (χ1v) is 6.14. The summed E-state index contributed by atoms with van der Waals surface area (Å²) in [5.41, 5.74) is 1.83. The van der Waals surface area contributed by atoms with Gasteiger partial charge in [-0.25, -0.2) is 0 Å². The molecule has 1 aliphatic carbocycles. The van der Waals surface area contributed by atoms with E-state index in [1.54, 1.807) is 18.2 Å². The van der Waals surface area contributed by atoms with Gasteiger partial charge in [0.25, 0.3) is 0 Å². The van der Waals surface area contributed by atoms with Gasteiger partial charge in [0.2, 0.25) is 11.6 Å². The molecule has 0 atom stereocenters. The summed E-state index contributed by atoms with van der Waals surface area (Å²) in [5, 5.41) is 2.04. The largest absolute Gasteiger partial charge is 0.285 e. The maximum atomic E-state index is 12.1. The number of hydrogen-bond acceptors (Lipinski definition) is 2. The molecule has 92 valence electrons. The quantitative estimate of drug-likeness (QED) is 0.601. The predicted molar refractivity (Wildman–Crippen MR) is 76.1 cm³/mol. The first kappa shape index (κ1) is 11.6. The van der Waals surface area contributed by atoms with Gasteiger partial charge in [-0.15, -0.1) is 6.58 Å². The lowest BCUT2D eigenvalue weighted by Crippen LogP contribution is -2.21. The first-order valence-electron chi connectivity index (χ1n) is 6.14. The minimum atomic E-state index is -0.417. The third-order valence-corrected chi connectivity index (χ3v) is 3.35. The maximum absolute atomic E-state index is 12.1. The Kier molecular flexibility index (Phi) is 2.64. The Morgan fingerprint density at radius 3 is 2.37 bits per heavy atom. The molecule has 0 aliphatic heterocycles. The van der Waals surface area contributed by atoms with Crippen LogP contribution in [0.5, 0.6) is 0 Å². The minimum Gasteiger partial charge on any atom is -0.285 e. The minimum absolute atomic E-state index is 0.414. The Hall–Kier alpha value is -2.48. The zero-order chi connectivity index (χ0) is 13.4. The van der Waals surface area contributed by atoms with Crippen LogP contribution in [0.1, 0.15) is 22.3 Å². The number of carbonyl (C=O) groups is 2. The SMILES string of the molecule is C=CCC1=Cc2cc3ccccc3cc2C(=O)C1=O. The number of allylic oxidation sites excluding steroid dienone is 2. The van der Waals surface area contributed by atoms with E-state index in [1.165, 1.54) is 0 Å². The number of benzene rings is 2. The summed E-state index contributed by atoms with van der Waals surface area (Å²) in [6.45, 7) is 3.62. The van der Waals surface area contributed by atoms with Crippen molar-refractivity contribution in [2.75, 3.05) is 0 Å². The van der Waals surface area contributed by atoms with Crippen molar-refractivity contribution in [2.24, 2.45) is 0 Å². The fourth-order valence-electron chi connectivity index (χ4n) is 2.40. The van der Waals surface area contributed by atoms with Crippen molar-refractivity contribution in [2.45, 2.75) is 6.42 Å². The van der Waals surface area contributed by atoms with Crippen molar-refractivity contribution < 1.29 is 9.59 Å². The molecule has 19 heavy (non-hydrogen) atoms. The Morgan fingerprint density at radius 1 is 1.00 bits per heavy atom. The molecule has 0 spiro atoms. The lowest BCUT2D eigenvalue weighted by Gasteiger charge is -2.14. The van der Waals surface area contributed by atoms with Crippen LogP contribution in [-0.4, -0.2) is 11.6 Å². The van der Waals surface area contributed by atoms with Gasteiger partial charge in [0, 0.05) is 11.1 Å². The van der Waals surface area contributed by atoms with Crippen molar-refractivity contribution in [1.29, 1.82) is 0 Å². The Morgan fingerprint density at radius 2 is 1.68 bits per heavy atom. The maximum Gasteiger partial charge on any atom is 0.233 e. The van der Waals surface area contributed by atoms with Crippen LogP contribution >= 0.6 is 0 Å². The number of ketones is 2. The van der Waals surface area contributed by atoms with Crippen LogP contribution in [0, 0.1) is 0 Å². The zero-order valence-corrected chi connectivity index (χ0v) is 10.3. The molecule has 2 heteroatoms. The fraction of sp³-hybridized carbons (Fsp3) is 0.0588. The highest BCUT2D eigenvalue weighted by atomic mass is 16.2. The number of rotatable bonds is 2. The van der Waals surface area contributed by atoms with Crippen molar-refractivity contribution >= 4 is 28.4 Å². The number of fused-ring (bicyclic) bond motifs is 2. The predicted octanol–water partition coefficient (Wildman–Crippen LogP) is 3.56. The van der Waals surface area contributed by atoms with Crippen LogP contribution in [0.2, 0.25) is 0 Å². The van der Waals surface area contributed by atoms with Crippen LogP contribution in [0.3, 0.4) is 0 Å². The summed E-state index contributed by atoms with van der Waals surface area (Å²) in [6.07, 6.45) is 3.87. The molecule has 0 amide bonds. The highest BCUT2D eigenvalue weighted by Gasteiger charge is 2.26. The Bertz CT molecular complexity index is 751. The summed E-state index contributed by atoms with van der Waals surface area (Å²) in [4.78, 5) is 24.1. The number of Topliss-reactive ketones (excluding diaryl/α,β-unsaturated/α-hetero) is 2. The molecule has 3 rings (SSSR count). The normalized spacial score (nSPS) is 14.2. The molecule has 0 radical (unpaired) electrons. The molecule has 0 saturated carbocycles. The van der Waals surface area contributed by atoms with Crippen molar-refractivity contribution in [3.8, 4) is 0 Å². The standard InChI is InChI=1S/C17H12O2/c1-2-5-13-9-14-8-11-6-3-4-7-12(11)10-15(14)17(19)16(13)18/h2-4,6-10H,1,5H2. The van der Waals surface area contributed by atoms with E-state index in [1.807, 2.05) is 30.3 Å². The molecule has 0 N–H and O–H groups in total. The molecule has 2 nitrogen and oxygen atoms in total. The second-order valence-electron chi connectivity index (χ2n) is 4.61. The smallest absolute Gasteiger partial charge is 0.233 e. The molecule has 0 unspecified atom stereocenters. The molecular formula is C17H12O2. The lowest BCUT2D eigenvalue weighted by atomic mass is 9.87. The van der Waals surface area contributed by atoms with Gasteiger partial charge in [-0.1, -0.05) is 30.3 Å². The van der Waals surface area contributed by atoms with Crippen LogP contribution in [0.25, 0.3) is 16.8 Å². The zero-order valence-electron chi connectivity index (χ0n) is 10.3. The van der Waals surface area contributed by atoms with Crippen molar-refractivity contribution in [3.63, 3.8) is 0 Å². The van der Waals surface area contributed by atoms with Gasteiger partial charge in [0.15, 0.2) is 0 Å². The van der Waals surface area contributed by atoms with Crippen LogP contribution in [0.15, 0.2) is 54.6 Å². The van der Waals surface area contributed by atoms with E-state index in [-0.39, 0.29) is 0 Å². The summed E-state index contributed by atoms with van der Waals surface area (Å²) < 4.78 is 0. The lowest BCUT2D eigenvalue weighted by molar-refractivity contribution is -0.111. The van der Waals surface area contributed by atoms with Gasteiger partial charge in [0.05, 0.1) is 0 Å².